The number of carbonyl (C=O) groups is 2. The molecule has 6 nitrogen and oxygen atoms in total. The lowest BCUT2D eigenvalue weighted by Gasteiger charge is -2.15. The van der Waals surface area contributed by atoms with Gasteiger partial charge in [0.15, 0.2) is 11.8 Å². The van der Waals surface area contributed by atoms with Gasteiger partial charge >= 0.3 is 0 Å². The van der Waals surface area contributed by atoms with Crippen molar-refractivity contribution in [1.82, 2.24) is 4.90 Å². The Morgan fingerprint density at radius 2 is 1.65 bits per heavy atom. The molecular weight excluding hydrogens is 446 g/mol. The summed E-state index contributed by atoms with van der Waals surface area (Å²) in [5.74, 6) is -0.0428. The number of amides is 2. The summed E-state index contributed by atoms with van der Waals surface area (Å²) in [7, 11) is 0. The van der Waals surface area contributed by atoms with Crippen molar-refractivity contribution < 1.29 is 14.3 Å². The lowest BCUT2D eigenvalue weighted by Crippen LogP contribution is -2.30. The molecular formula is C27H25N3O3S. The van der Waals surface area contributed by atoms with Gasteiger partial charge in [0, 0.05) is 6.54 Å². The number of hydrogen-bond donors (Lipinski definition) is 1. The van der Waals surface area contributed by atoms with Crippen LogP contribution in [-0.4, -0.2) is 35.0 Å². The number of aryl methyl sites for hydroxylation is 1. The molecule has 3 aromatic rings. The third-order valence-corrected chi connectivity index (χ3v) is 6.12. The number of carbonyl (C=O) groups excluding carboxylic acids is 2. The smallest absolute Gasteiger partial charge is 0.266 e. The zero-order valence-electron chi connectivity index (χ0n) is 18.6. The zero-order valence-corrected chi connectivity index (χ0v) is 19.4. The van der Waals surface area contributed by atoms with Gasteiger partial charge in [0.25, 0.3) is 11.8 Å². The number of para-hydroxylation sites is 1. The Kier molecular flexibility index (Phi) is 7.78. The van der Waals surface area contributed by atoms with E-state index >= 15 is 0 Å². The molecule has 172 valence electrons. The second-order valence-electron chi connectivity index (χ2n) is 7.71. The molecule has 0 saturated carbocycles. The van der Waals surface area contributed by atoms with Gasteiger partial charge in [0.05, 0.1) is 10.6 Å². The summed E-state index contributed by atoms with van der Waals surface area (Å²) in [6.45, 7) is 0.412. The van der Waals surface area contributed by atoms with E-state index in [-0.39, 0.29) is 12.5 Å². The van der Waals surface area contributed by atoms with E-state index in [4.69, 9.17) is 15.5 Å². The topological polar surface area (TPSA) is 85.0 Å². The van der Waals surface area contributed by atoms with E-state index in [2.05, 4.69) is 12.1 Å². The number of rotatable bonds is 9. The molecule has 1 fully saturated rings. The van der Waals surface area contributed by atoms with Crippen LogP contribution in [0.1, 0.15) is 17.5 Å². The average Bonchev–Trinajstić information content (AvgIpc) is 3.14. The molecule has 0 aromatic heterocycles. The number of hydrogen-bond acceptors (Lipinski definition) is 5. The fourth-order valence-corrected chi connectivity index (χ4v) is 4.48. The van der Waals surface area contributed by atoms with Gasteiger partial charge in [-0.1, -0.05) is 60.7 Å². The van der Waals surface area contributed by atoms with E-state index in [9.17, 15) is 9.59 Å². The van der Waals surface area contributed by atoms with Crippen LogP contribution in [-0.2, 0) is 16.0 Å². The molecule has 7 heteroatoms. The molecule has 34 heavy (non-hydrogen) atoms. The van der Waals surface area contributed by atoms with Crippen LogP contribution in [0, 0.1) is 0 Å². The van der Waals surface area contributed by atoms with E-state index in [1.165, 1.54) is 17.3 Å². The maximum Gasteiger partial charge on any atom is 0.266 e. The molecule has 1 saturated heterocycles. The van der Waals surface area contributed by atoms with Gasteiger partial charge in [-0.3, -0.25) is 14.5 Å². The Morgan fingerprint density at radius 1 is 0.971 bits per heavy atom. The summed E-state index contributed by atoms with van der Waals surface area (Å²) in [4.78, 5) is 31.3. The largest absolute Gasteiger partial charge is 0.484 e. The Bertz CT molecular complexity index is 1190. The number of aliphatic imine (C=N–C) groups is 1. The maximum absolute atomic E-state index is 13.3. The van der Waals surface area contributed by atoms with E-state index in [1.807, 2.05) is 66.7 Å². The molecule has 1 aliphatic rings. The van der Waals surface area contributed by atoms with E-state index in [0.717, 1.165) is 24.1 Å². The van der Waals surface area contributed by atoms with Gasteiger partial charge in [-0.15, -0.1) is 0 Å². The summed E-state index contributed by atoms with van der Waals surface area (Å²) in [6.07, 6.45) is 3.57. The highest BCUT2D eigenvalue weighted by molar-refractivity contribution is 8.18. The lowest BCUT2D eigenvalue weighted by molar-refractivity contribution is -0.122. The fourth-order valence-electron chi connectivity index (χ4n) is 3.45. The number of nitrogens with zero attached hydrogens (tertiary/aromatic N) is 2. The van der Waals surface area contributed by atoms with Crippen LogP contribution >= 0.6 is 11.8 Å². The summed E-state index contributed by atoms with van der Waals surface area (Å²) in [6, 6.07) is 27.1. The van der Waals surface area contributed by atoms with Crippen molar-refractivity contribution in [2.24, 2.45) is 10.7 Å². The molecule has 0 bridgehead atoms. The Hall–Kier alpha value is -3.84. The van der Waals surface area contributed by atoms with Crippen LogP contribution < -0.4 is 10.5 Å². The molecule has 0 unspecified atom stereocenters. The average molecular weight is 472 g/mol. The highest BCUT2D eigenvalue weighted by Gasteiger charge is 2.33. The van der Waals surface area contributed by atoms with E-state index in [0.29, 0.717) is 22.4 Å². The third-order valence-electron chi connectivity index (χ3n) is 5.12. The van der Waals surface area contributed by atoms with Crippen LogP contribution in [0.15, 0.2) is 94.8 Å². The van der Waals surface area contributed by atoms with Gasteiger partial charge in [-0.2, -0.15) is 0 Å². The standard InChI is InChI=1S/C27H25N3O3S/c28-25(31)19-33-23-15-13-21(14-16-23)18-24-26(32)30(17-7-10-20-8-3-1-4-9-20)27(34-24)29-22-11-5-2-6-12-22/h1-6,8-9,11-16,18H,7,10,17,19H2,(H2,28,31)/b24-18-,29-27?. The van der Waals surface area contributed by atoms with Crippen molar-refractivity contribution in [3.63, 3.8) is 0 Å². The highest BCUT2D eigenvalue weighted by atomic mass is 32.2. The van der Waals surface area contributed by atoms with Gasteiger partial charge < -0.3 is 10.5 Å². The summed E-state index contributed by atoms with van der Waals surface area (Å²) in [5.41, 5.74) is 8.02. The van der Waals surface area contributed by atoms with Crippen LogP contribution in [0.2, 0.25) is 0 Å². The Labute approximate surface area is 203 Å². The van der Waals surface area contributed by atoms with Crippen LogP contribution in [0.4, 0.5) is 5.69 Å². The lowest BCUT2D eigenvalue weighted by atomic mass is 10.1. The van der Waals surface area contributed by atoms with Gasteiger partial charge in [-0.05, 0) is 66.1 Å². The van der Waals surface area contributed by atoms with E-state index in [1.54, 1.807) is 17.0 Å². The molecule has 0 spiro atoms. The van der Waals surface area contributed by atoms with Gasteiger partial charge in [0.1, 0.15) is 5.75 Å². The molecule has 2 N–H and O–H groups in total. The second kappa shape index (κ2) is 11.3. The van der Waals surface area contributed by atoms with Crippen LogP contribution in [0.5, 0.6) is 5.75 Å². The van der Waals surface area contributed by atoms with Crippen molar-refractivity contribution >= 4 is 40.5 Å². The molecule has 1 aliphatic heterocycles. The highest BCUT2D eigenvalue weighted by Crippen LogP contribution is 2.34. The number of benzene rings is 3. The minimum absolute atomic E-state index is 0.0539. The van der Waals surface area contributed by atoms with E-state index < -0.39 is 5.91 Å². The predicted molar refractivity (Wildman–Crippen MR) is 137 cm³/mol. The predicted octanol–water partition coefficient (Wildman–Crippen LogP) is 4.79. The first kappa shape index (κ1) is 23.3. The Morgan fingerprint density at radius 3 is 2.32 bits per heavy atom. The van der Waals surface area contributed by atoms with Crippen molar-refractivity contribution in [2.75, 3.05) is 13.2 Å². The minimum Gasteiger partial charge on any atom is -0.484 e. The molecule has 2 amide bonds. The summed E-state index contributed by atoms with van der Waals surface area (Å²) >= 11 is 1.38. The number of amidine groups is 1. The SMILES string of the molecule is NC(=O)COc1ccc(/C=C2\SC(=Nc3ccccc3)N(CCCc3ccccc3)C2=O)cc1. The normalized spacial score (nSPS) is 15.8. The molecule has 1 heterocycles. The first-order valence-electron chi connectivity index (χ1n) is 11.0. The second-order valence-corrected chi connectivity index (χ2v) is 8.72. The number of ether oxygens (including phenoxy) is 1. The van der Waals surface area contributed by atoms with Gasteiger partial charge in [-0.25, -0.2) is 4.99 Å². The van der Waals surface area contributed by atoms with Crippen molar-refractivity contribution in [1.29, 1.82) is 0 Å². The van der Waals surface area contributed by atoms with Crippen molar-refractivity contribution in [2.45, 2.75) is 12.8 Å². The molecule has 0 atom stereocenters. The third kappa shape index (κ3) is 6.36. The van der Waals surface area contributed by atoms with Crippen molar-refractivity contribution in [3.8, 4) is 5.75 Å². The van der Waals surface area contributed by atoms with Crippen LogP contribution in [0.25, 0.3) is 6.08 Å². The first-order valence-corrected chi connectivity index (χ1v) is 11.8. The quantitative estimate of drug-likeness (QED) is 0.455. The molecule has 0 aliphatic carbocycles. The van der Waals surface area contributed by atoms with Crippen LogP contribution in [0.3, 0.4) is 0 Å². The number of nitrogens with two attached hydrogens (primary N) is 1. The van der Waals surface area contributed by atoms with Crippen molar-refractivity contribution in [3.05, 3.63) is 101 Å². The monoisotopic (exact) mass is 471 g/mol. The summed E-state index contributed by atoms with van der Waals surface area (Å²) in [5, 5.41) is 0.678. The summed E-state index contributed by atoms with van der Waals surface area (Å²) < 4.78 is 5.30. The first-order chi connectivity index (χ1) is 16.6. The molecule has 0 radical (unpaired) electrons. The fraction of sp³-hybridized carbons (Fsp3) is 0.148. The number of thioether (sulfide) groups is 1. The maximum atomic E-state index is 13.3. The van der Waals surface area contributed by atoms with Gasteiger partial charge in [0.2, 0.25) is 0 Å². The minimum atomic E-state index is -0.531. The zero-order chi connectivity index (χ0) is 23.8. The molecule has 3 aromatic carbocycles. The Balaban J connectivity index is 1.51. The molecule has 4 rings (SSSR count). The number of primary amides is 1.